The van der Waals surface area contributed by atoms with Crippen LogP contribution in [-0.2, 0) is 6.42 Å². The topological polar surface area (TPSA) is 54.6 Å². The molecule has 0 amide bonds. The van der Waals surface area contributed by atoms with E-state index in [1.807, 2.05) is 31.3 Å². The van der Waals surface area contributed by atoms with Crippen molar-refractivity contribution in [2.75, 3.05) is 11.9 Å². The molecule has 0 saturated heterocycles. The maximum atomic E-state index is 13.1. The van der Waals surface area contributed by atoms with Gasteiger partial charge in [0, 0.05) is 12.6 Å². The number of aliphatic imine (C=N–C) groups is 1. The van der Waals surface area contributed by atoms with Gasteiger partial charge in [0.25, 0.3) is 0 Å². The molecular weight excluding hydrogens is 305 g/mol. The zero-order valence-electron chi connectivity index (χ0n) is 13.2. The lowest BCUT2D eigenvalue weighted by molar-refractivity contribution is 0.627. The van der Waals surface area contributed by atoms with Gasteiger partial charge >= 0.3 is 0 Å². The lowest BCUT2D eigenvalue weighted by Gasteiger charge is -2.09. The second-order valence-electron chi connectivity index (χ2n) is 5.84. The fraction of sp³-hybridized carbons (Fsp3) is 0.167. The third kappa shape index (κ3) is 2.90. The van der Waals surface area contributed by atoms with Gasteiger partial charge in [-0.05, 0) is 48.4 Å². The first-order chi connectivity index (χ1) is 11.7. The van der Waals surface area contributed by atoms with Crippen molar-refractivity contribution < 1.29 is 4.39 Å². The average molecular weight is 321 g/mol. The minimum atomic E-state index is -0.246. The molecule has 1 aliphatic heterocycles. The van der Waals surface area contributed by atoms with Crippen LogP contribution in [0.1, 0.15) is 18.3 Å². The van der Waals surface area contributed by atoms with E-state index in [0.717, 1.165) is 22.7 Å². The van der Waals surface area contributed by atoms with E-state index in [9.17, 15) is 4.39 Å². The van der Waals surface area contributed by atoms with Crippen LogP contribution in [0.3, 0.4) is 0 Å². The number of benzene rings is 1. The first-order valence-corrected chi connectivity index (χ1v) is 7.75. The van der Waals surface area contributed by atoms with Crippen LogP contribution in [-0.4, -0.2) is 27.0 Å². The molecule has 1 aromatic carbocycles. The zero-order chi connectivity index (χ0) is 16.5. The summed E-state index contributed by atoms with van der Waals surface area (Å²) < 4.78 is 14.8. The SMILES string of the molecule is CC1=CC(Nc2nc(Cc3ccc(F)cc3)nn3cccc23)=NC1. The molecule has 120 valence electrons. The van der Waals surface area contributed by atoms with Gasteiger partial charge in [0.15, 0.2) is 11.6 Å². The van der Waals surface area contributed by atoms with E-state index in [0.29, 0.717) is 18.8 Å². The number of fused-ring (bicyclic) bond motifs is 1. The summed E-state index contributed by atoms with van der Waals surface area (Å²) in [5.74, 6) is 1.94. The fourth-order valence-electron chi connectivity index (χ4n) is 2.66. The Bertz CT molecular complexity index is 953. The highest BCUT2D eigenvalue weighted by Crippen LogP contribution is 2.17. The Balaban J connectivity index is 1.68. The van der Waals surface area contributed by atoms with Gasteiger partial charge in [-0.25, -0.2) is 13.9 Å². The van der Waals surface area contributed by atoms with Crippen molar-refractivity contribution >= 4 is 17.2 Å². The van der Waals surface area contributed by atoms with Gasteiger partial charge in [0.05, 0.1) is 6.54 Å². The Labute approximate surface area is 138 Å². The van der Waals surface area contributed by atoms with Crippen LogP contribution in [0.4, 0.5) is 10.2 Å². The average Bonchev–Trinajstić information content (AvgIpc) is 3.19. The first kappa shape index (κ1) is 14.6. The molecule has 0 radical (unpaired) electrons. The van der Waals surface area contributed by atoms with E-state index >= 15 is 0 Å². The van der Waals surface area contributed by atoms with Crippen molar-refractivity contribution in [3.8, 4) is 0 Å². The molecule has 1 aliphatic rings. The predicted molar refractivity (Wildman–Crippen MR) is 91.9 cm³/mol. The van der Waals surface area contributed by atoms with Crippen molar-refractivity contribution in [1.82, 2.24) is 14.6 Å². The van der Waals surface area contributed by atoms with E-state index in [1.165, 1.54) is 17.7 Å². The number of rotatable bonds is 3. The van der Waals surface area contributed by atoms with Crippen molar-refractivity contribution in [3.05, 3.63) is 71.4 Å². The van der Waals surface area contributed by atoms with Gasteiger partial charge in [-0.15, -0.1) is 0 Å². The number of amidine groups is 1. The van der Waals surface area contributed by atoms with Crippen molar-refractivity contribution in [2.24, 2.45) is 4.99 Å². The summed E-state index contributed by atoms with van der Waals surface area (Å²) in [4.78, 5) is 9.06. The van der Waals surface area contributed by atoms with E-state index in [-0.39, 0.29) is 5.82 Å². The molecule has 24 heavy (non-hydrogen) atoms. The van der Waals surface area contributed by atoms with Crippen molar-refractivity contribution in [3.63, 3.8) is 0 Å². The van der Waals surface area contributed by atoms with Gasteiger partial charge in [-0.2, -0.15) is 5.10 Å². The summed E-state index contributed by atoms with van der Waals surface area (Å²) in [5.41, 5.74) is 3.06. The Morgan fingerprint density at radius 3 is 2.79 bits per heavy atom. The van der Waals surface area contributed by atoms with Crippen LogP contribution in [0.15, 0.2) is 59.2 Å². The fourth-order valence-corrected chi connectivity index (χ4v) is 2.66. The number of hydrogen-bond acceptors (Lipinski definition) is 4. The summed E-state index contributed by atoms with van der Waals surface area (Å²) in [6, 6.07) is 10.3. The summed E-state index contributed by atoms with van der Waals surface area (Å²) in [6.45, 7) is 2.76. The van der Waals surface area contributed by atoms with Crippen LogP contribution in [0.25, 0.3) is 5.52 Å². The lowest BCUT2D eigenvalue weighted by Crippen LogP contribution is -2.13. The van der Waals surface area contributed by atoms with Gasteiger partial charge < -0.3 is 5.32 Å². The number of hydrogen-bond donors (Lipinski definition) is 1. The Morgan fingerprint density at radius 1 is 1.21 bits per heavy atom. The Kier molecular flexibility index (Phi) is 3.57. The largest absolute Gasteiger partial charge is 0.323 e. The van der Waals surface area contributed by atoms with Crippen LogP contribution in [0, 0.1) is 5.82 Å². The maximum absolute atomic E-state index is 13.1. The van der Waals surface area contributed by atoms with Gasteiger partial charge in [-0.3, -0.25) is 4.99 Å². The molecule has 0 saturated carbocycles. The minimum Gasteiger partial charge on any atom is -0.323 e. The molecule has 3 aromatic rings. The van der Waals surface area contributed by atoms with Gasteiger partial charge in [0.1, 0.15) is 17.2 Å². The summed E-state index contributed by atoms with van der Waals surface area (Å²) >= 11 is 0. The monoisotopic (exact) mass is 321 g/mol. The molecule has 2 aromatic heterocycles. The summed E-state index contributed by atoms with van der Waals surface area (Å²) in [6.07, 6.45) is 4.43. The van der Waals surface area contributed by atoms with Crippen LogP contribution >= 0.6 is 0 Å². The lowest BCUT2D eigenvalue weighted by atomic mass is 10.1. The Morgan fingerprint density at radius 2 is 2.04 bits per heavy atom. The minimum absolute atomic E-state index is 0.246. The van der Waals surface area contributed by atoms with Crippen LogP contribution in [0.5, 0.6) is 0 Å². The highest BCUT2D eigenvalue weighted by atomic mass is 19.1. The number of nitrogens with zero attached hydrogens (tertiary/aromatic N) is 4. The van der Waals surface area contributed by atoms with Gasteiger partial charge in [0.2, 0.25) is 0 Å². The van der Waals surface area contributed by atoms with Crippen LogP contribution in [0.2, 0.25) is 0 Å². The maximum Gasteiger partial charge on any atom is 0.159 e. The molecule has 0 fully saturated rings. The molecule has 1 N–H and O–H groups in total. The molecule has 0 bridgehead atoms. The smallest absolute Gasteiger partial charge is 0.159 e. The molecule has 3 heterocycles. The number of halogens is 1. The second kappa shape index (κ2) is 5.88. The molecule has 0 unspecified atom stereocenters. The van der Waals surface area contributed by atoms with E-state index in [4.69, 9.17) is 0 Å². The standard InChI is InChI=1S/C18H16FN5/c1-12-9-16(20-11-12)21-18-15-3-2-8-24(15)23-17(22-18)10-13-4-6-14(19)7-5-13/h2-9H,10-11H2,1H3,(H,20,21,22,23). The molecule has 4 rings (SSSR count). The molecular formula is C18H16FN5. The Hall–Kier alpha value is -3.02. The molecule has 0 atom stereocenters. The summed E-state index contributed by atoms with van der Waals surface area (Å²) in [7, 11) is 0. The van der Waals surface area contributed by atoms with Crippen LogP contribution < -0.4 is 5.32 Å². The highest BCUT2D eigenvalue weighted by molar-refractivity contribution is 6.06. The molecule has 0 aliphatic carbocycles. The third-order valence-corrected chi connectivity index (χ3v) is 3.84. The normalized spacial score (nSPS) is 13.9. The third-order valence-electron chi connectivity index (χ3n) is 3.84. The number of anilines is 1. The number of nitrogens with one attached hydrogen (secondary N) is 1. The zero-order valence-corrected chi connectivity index (χ0v) is 13.2. The van der Waals surface area contributed by atoms with E-state index in [2.05, 4.69) is 20.4 Å². The molecule has 0 spiro atoms. The molecule has 6 heteroatoms. The van der Waals surface area contributed by atoms with E-state index < -0.39 is 0 Å². The second-order valence-corrected chi connectivity index (χ2v) is 5.84. The number of aromatic nitrogens is 3. The molecule has 5 nitrogen and oxygen atoms in total. The summed E-state index contributed by atoms with van der Waals surface area (Å²) in [5, 5.41) is 7.80. The van der Waals surface area contributed by atoms with Gasteiger partial charge in [-0.1, -0.05) is 12.1 Å². The van der Waals surface area contributed by atoms with E-state index in [1.54, 1.807) is 16.6 Å². The van der Waals surface area contributed by atoms with Crippen molar-refractivity contribution in [2.45, 2.75) is 13.3 Å². The first-order valence-electron chi connectivity index (χ1n) is 7.75. The predicted octanol–water partition coefficient (Wildman–Crippen LogP) is 3.23. The van der Waals surface area contributed by atoms with Crippen molar-refractivity contribution in [1.29, 1.82) is 0 Å². The quantitative estimate of drug-likeness (QED) is 0.806. The highest BCUT2D eigenvalue weighted by Gasteiger charge is 2.12.